The third-order valence-corrected chi connectivity index (χ3v) is 2.39. The average molecular weight is 170 g/mol. The SMILES string of the molecule is O=C(O)CCCCC1CCC1=O. The van der Waals surface area contributed by atoms with Gasteiger partial charge < -0.3 is 5.11 Å². The van der Waals surface area contributed by atoms with Crippen molar-refractivity contribution in [3.8, 4) is 0 Å². The number of carboxylic acids is 1. The fourth-order valence-electron chi connectivity index (χ4n) is 1.44. The quantitative estimate of drug-likeness (QED) is 0.638. The van der Waals surface area contributed by atoms with Gasteiger partial charge in [-0.05, 0) is 19.3 Å². The molecule has 1 fully saturated rings. The summed E-state index contributed by atoms with van der Waals surface area (Å²) in [5.41, 5.74) is 0. The van der Waals surface area contributed by atoms with Gasteiger partial charge in [-0.15, -0.1) is 0 Å². The van der Waals surface area contributed by atoms with Gasteiger partial charge in [0.05, 0.1) is 0 Å². The zero-order chi connectivity index (χ0) is 8.97. The Labute approximate surface area is 71.8 Å². The van der Waals surface area contributed by atoms with Crippen LogP contribution in [0.1, 0.15) is 38.5 Å². The first-order valence-corrected chi connectivity index (χ1v) is 4.44. The molecule has 0 aromatic rings. The molecule has 0 bridgehead atoms. The summed E-state index contributed by atoms with van der Waals surface area (Å²) in [6, 6.07) is 0. The smallest absolute Gasteiger partial charge is 0.303 e. The minimum atomic E-state index is -0.741. The molecule has 0 heterocycles. The Hall–Kier alpha value is -0.860. The van der Waals surface area contributed by atoms with Gasteiger partial charge in [-0.3, -0.25) is 9.59 Å². The number of aliphatic carboxylic acids is 1. The normalized spacial score (nSPS) is 22.0. The van der Waals surface area contributed by atoms with Crippen molar-refractivity contribution in [2.75, 3.05) is 0 Å². The number of carboxylic acid groups (broad SMARTS) is 1. The molecule has 3 heteroatoms. The zero-order valence-corrected chi connectivity index (χ0v) is 7.08. The fourth-order valence-corrected chi connectivity index (χ4v) is 1.44. The van der Waals surface area contributed by atoms with Crippen molar-refractivity contribution >= 4 is 11.8 Å². The van der Waals surface area contributed by atoms with Crippen LogP contribution >= 0.6 is 0 Å². The number of unbranched alkanes of at least 4 members (excludes halogenated alkanes) is 1. The molecule has 0 aliphatic heterocycles. The van der Waals surface area contributed by atoms with E-state index in [1.54, 1.807) is 0 Å². The third-order valence-electron chi connectivity index (χ3n) is 2.39. The summed E-state index contributed by atoms with van der Waals surface area (Å²) < 4.78 is 0. The summed E-state index contributed by atoms with van der Waals surface area (Å²) in [6.45, 7) is 0. The highest BCUT2D eigenvalue weighted by molar-refractivity contribution is 5.86. The average Bonchev–Trinajstić information content (AvgIpc) is 2.01. The monoisotopic (exact) mass is 170 g/mol. The summed E-state index contributed by atoms with van der Waals surface area (Å²) in [6.07, 6.45) is 4.48. The molecule has 0 aromatic carbocycles. The molecule has 1 aliphatic carbocycles. The van der Waals surface area contributed by atoms with E-state index in [4.69, 9.17) is 5.11 Å². The van der Waals surface area contributed by atoms with Gasteiger partial charge in [-0.2, -0.15) is 0 Å². The van der Waals surface area contributed by atoms with E-state index in [0.717, 1.165) is 25.7 Å². The Kier molecular flexibility index (Phi) is 3.26. The molecule has 68 valence electrons. The largest absolute Gasteiger partial charge is 0.481 e. The maximum atomic E-state index is 10.8. The molecule has 1 unspecified atom stereocenters. The van der Waals surface area contributed by atoms with Crippen LogP contribution in [-0.2, 0) is 9.59 Å². The molecule has 0 amide bonds. The number of carbonyl (C=O) groups is 2. The van der Waals surface area contributed by atoms with E-state index in [9.17, 15) is 9.59 Å². The van der Waals surface area contributed by atoms with Gasteiger partial charge in [-0.1, -0.05) is 6.42 Å². The Balaban J connectivity index is 1.95. The molecule has 1 saturated carbocycles. The van der Waals surface area contributed by atoms with Gasteiger partial charge in [0.25, 0.3) is 0 Å². The van der Waals surface area contributed by atoms with E-state index in [0.29, 0.717) is 12.2 Å². The van der Waals surface area contributed by atoms with Gasteiger partial charge in [0.2, 0.25) is 0 Å². The van der Waals surface area contributed by atoms with Gasteiger partial charge in [0.15, 0.2) is 0 Å². The first-order valence-electron chi connectivity index (χ1n) is 4.44. The lowest BCUT2D eigenvalue weighted by atomic mass is 9.80. The first kappa shape index (κ1) is 9.23. The molecular weight excluding hydrogens is 156 g/mol. The molecule has 0 spiro atoms. The Morgan fingerprint density at radius 1 is 1.50 bits per heavy atom. The standard InChI is InChI=1S/C9H14O3/c10-8-6-5-7(8)3-1-2-4-9(11)12/h7H,1-6H2,(H,11,12). The van der Waals surface area contributed by atoms with Gasteiger partial charge in [0.1, 0.15) is 5.78 Å². The van der Waals surface area contributed by atoms with E-state index < -0.39 is 5.97 Å². The van der Waals surface area contributed by atoms with Crippen LogP contribution < -0.4 is 0 Å². The topological polar surface area (TPSA) is 54.4 Å². The summed E-state index contributed by atoms with van der Waals surface area (Å²) in [4.78, 5) is 21.0. The molecule has 0 radical (unpaired) electrons. The minimum absolute atomic E-state index is 0.237. The van der Waals surface area contributed by atoms with E-state index in [1.807, 2.05) is 0 Å². The third kappa shape index (κ3) is 2.64. The Morgan fingerprint density at radius 2 is 2.25 bits per heavy atom. The van der Waals surface area contributed by atoms with Crippen molar-refractivity contribution in [1.29, 1.82) is 0 Å². The van der Waals surface area contributed by atoms with Crippen LogP contribution in [0, 0.1) is 5.92 Å². The molecule has 1 aliphatic rings. The van der Waals surface area contributed by atoms with Crippen molar-refractivity contribution in [2.45, 2.75) is 38.5 Å². The fraction of sp³-hybridized carbons (Fsp3) is 0.778. The molecule has 3 nitrogen and oxygen atoms in total. The summed E-state index contributed by atoms with van der Waals surface area (Å²) in [5, 5.41) is 8.33. The zero-order valence-electron chi connectivity index (χ0n) is 7.08. The van der Waals surface area contributed by atoms with Crippen molar-refractivity contribution in [3.63, 3.8) is 0 Å². The van der Waals surface area contributed by atoms with Crippen molar-refractivity contribution in [2.24, 2.45) is 5.92 Å². The molecule has 0 aromatic heterocycles. The highest BCUT2D eigenvalue weighted by Crippen LogP contribution is 2.27. The number of ketones is 1. The molecule has 0 saturated heterocycles. The number of carbonyl (C=O) groups excluding carboxylic acids is 1. The number of hydrogen-bond donors (Lipinski definition) is 1. The lowest BCUT2D eigenvalue weighted by Crippen LogP contribution is -2.25. The van der Waals surface area contributed by atoms with Crippen LogP contribution in [-0.4, -0.2) is 16.9 Å². The van der Waals surface area contributed by atoms with Crippen LogP contribution in [0.25, 0.3) is 0 Å². The summed E-state index contributed by atoms with van der Waals surface area (Å²) >= 11 is 0. The predicted molar refractivity (Wildman–Crippen MR) is 43.8 cm³/mol. The van der Waals surface area contributed by atoms with Crippen molar-refractivity contribution < 1.29 is 14.7 Å². The van der Waals surface area contributed by atoms with Gasteiger partial charge in [0, 0.05) is 18.8 Å². The highest BCUT2D eigenvalue weighted by Gasteiger charge is 2.26. The Morgan fingerprint density at radius 3 is 2.67 bits per heavy atom. The van der Waals surface area contributed by atoms with Crippen molar-refractivity contribution in [1.82, 2.24) is 0 Å². The molecular formula is C9H14O3. The van der Waals surface area contributed by atoms with Crippen LogP contribution in [0.15, 0.2) is 0 Å². The maximum absolute atomic E-state index is 10.8. The molecule has 1 N–H and O–H groups in total. The predicted octanol–water partition coefficient (Wildman–Crippen LogP) is 1.61. The second kappa shape index (κ2) is 4.24. The van der Waals surface area contributed by atoms with E-state index in [2.05, 4.69) is 0 Å². The van der Waals surface area contributed by atoms with Crippen LogP contribution in [0.4, 0.5) is 0 Å². The van der Waals surface area contributed by atoms with E-state index in [1.165, 1.54) is 0 Å². The molecule has 1 rings (SSSR count). The Bertz CT molecular complexity index is 186. The number of hydrogen-bond acceptors (Lipinski definition) is 2. The first-order chi connectivity index (χ1) is 5.70. The maximum Gasteiger partial charge on any atom is 0.303 e. The lowest BCUT2D eigenvalue weighted by Gasteiger charge is -2.23. The minimum Gasteiger partial charge on any atom is -0.481 e. The number of rotatable bonds is 5. The van der Waals surface area contributed by atoms with Crippen LogP contribution in [0.3, 0.4) is 0 Å². The van der Waals surface area contributed by atoms with E-state index in [-0.39, 0.29) is 12.3 Å². The molecule has 1 atom stereocenters. The second-order valence-corrected chi connectivity index (χ2v) is 3.34. The summed E-state index contributed by atoms with van der Waals surface area (Å²) in [5.74, 6) is -0.112. The summed E-state index contributed by atoms with van der Waals surface area (Å²) in [7, 11) is 0. The van der Waals surface area contributed by atoms with Crippen LogP contribution in [0.2, 0.25) is 0 Å². The molecule has 12 heavy (non-hydrogen) atoms. The second-order valence-electron chi connectivity index (χ2n) is 3.34. The highest BCUT2D eigenvalue weighted by atomic mass is 16.4. The van der Waals surface area contributed by atoms with Crippen LogP contribution in [0.5, 0.6) is 0 Å². The van der Waals surface area contributed by atoms with Crippen molar-refractivity contribution in [3.05, 3.63) is 0 Å². The van der Waals surface area contributed by atoms with Gasteiger partial charge >= 0.3 is 5.97 Å². The lowest BCUT2D eigenvalue weighted by molar-refractivity contribution is -0.137. The van der Waals surface area contributed by atoms with Gasteiger partial charge in [-0.25, -0.2) is 0 Å². The van der Waals surface area contributed by atoms with E-state index >= 15 is 0 Å². The number of Topliss-reactive ketones (excluding diaryl/α,β-unsaturated/α-hetero) is 1.